The van der Waals surface area contributed by atoms with Gasteiger partial charge in [-0.1, -0.05) is 84.9 Å². The number of rotatable bonds is 8. The van der Waals surface area contributed by atoms with Crippen LogP contribution in [0, 0.1) is 5.92 Å². The van der Waals surface area contributed by atoms with Crippen molar-refractivity contribution in [2.45, 2.75) is 13.0 Å². The number of hydrogen-bond donors (Lipinski definition) is 1. The summed E-state index contributed by atoms with van der Waals surface area (Å²) in [5.74, 6) is -5.49. The summed E-state index contributed by atoms with van der Waals surface area (Å²) in [4.78, 5) is 66.0. The lowest BCUT2D eigenvalue weighted by atomic mass is 9.82. The van der Waals surface area contributed by atoms with E-state index in [1.54, 1.807) is 60.7 Å². The fourth-order valence-corrected chi connectivity index (χ4v) is 4.77. The predicted octanol–water partition coefficient (Wildman–Crippen LogP) is 5.47. The van der Waals surface area contributed by atoms with E-state index in [1.807, 2.05) is 30.3 Å². The van der Waals surface area contributed by atoms with E-state index in [0.29, 0.717) is 11.1 Å². The van der Waals surface area contributed by atoms with Crippen molar-refractivity contribution in [1.82, 2.24) is 0 Å². The zero-order valence-corrected chi connectivity index (χ0v) is 20.9. The molecule has 192 valence electrons. The standard InChI is InChI=1S/C32H23NO6/c1-19(34)21-13-9-10-18-26(21)33-31(37)29(36)27(30-24-16-7-8-17-25(24)32(38)39-30)28(35)23-15-6-5-14-22(23)20-11-3-2-4-12-20/h2-18,27,30H,1H3,(H,33,37)/t27-,30+/m0/s1. The summed E-state index contributed by atoms with van der Waals surface area (Å²) >= 11 is 0. The molecule has 7 heteroatoms. The van der Waals surface area contributed by atoms with Crippen molar-refractivity contribution in [3.8, 4) is 11.1 Å². The summed E-state index contributed by atoms with van der Waals surface area (Å²) in [6.45, 7) is 1.34. The topological polar surface area (TPSA) is 107 Å². The summed E-state index contributed by atoms with van der Waals surface area (Å²) in [5.41, 5.74) is 2.46. The number of carbonyl (C=O) groups excluding carboxylic acids is 5. The van der Waals surface area contributed by atoms with E-state index in [9.17, 15) is 24.0 Å². The maximum Gasteiger partial charge on any atom is 0.339 e. The van der Waals surface area contributed by atoms with E-state index in [4.69, 9.17) is 4.74 Å². The Morgan fingerprint density at radius 1 is 0.718 bits per heavy atom. The van der Waals surface area contributed by atoms with Gasteiger partial charge in [0.25, 0.3) is 5.91 Å². The normalized spacial score (nSPS) is 14.6. The van der Waals surface area contributed by atoms with Crippen molar-refractivity contribution in [1.29, 1.82) is 0 Å². The summed E-state index contributed by atoms with van der Waals surface area (Å²) < 4.78 is 5.55. The van der Waals surface area contributed by atoms with E-state index < -0.39 is 35.5 Å². The van der Waals surface area contributed by atoms with E-state index >= 15 is 0 Å². The largest absolute Gasteiger partial charge is 0.453 e. The van der Waals surface area contributed by atoms with Crippen molar-refractivity contribution in [3.05, 3.63) is 125 Å². The molecule has 0 fully saturated rings. The minimum absolute atomic E-state index is 0.142. The van der Waals surface area contributed by atoms with Crippen LogP contribution in [0.1, 0.15) is 49.7 Å². The van der Waals surface area contributed by atoms with Crippen LogP contribution in [0.4, 0.5) is 5.69 Å². The number of ether oxygens (including phenoxy) is 1. The molecule has 0 radical (unpaired) electrons. The smallest absolute Gasteiger partial charge is 0.339 e. The van der Waals surface area contributed by atoms with Gasteiger partial charge in [-0.15, -0.1) is 0 Å². The fourth-order valence-electron chi connectivity index (χ4n) is 4.77. The molecule has 1 N–H and O–H groups in total. The van der Waals surface area contributed by atoms with E-state index in [2.05, 4.69) is 5.32 Å². The Hall–Kier alpha value is -5.17. The van der Waals surface area contributed by atoms with E-state index in [0.717, 1.165) is 5.56 Å². The van der Waals surface area contributed by atoms with Gasteiger partial charge in [-0.25, -0.2) is 4.79 Å². The number of anilines is 1. The van der Waals surface area contributed by atoms with Crippen LogP contribution in [-0.2, 0) is 14.3 Å². The number of esters is 1. The second kappa shape index (κ2) is 10.7. The van der Waals surface area contributed by atoms with Crippen LogP contribution < -0.4 is 5.32 Å². The Morgan fingerprint density at radius 2 is 1.31 bits per heavy atom. The molecule has 7 nitrogen and oxygen atoms in total. The monoisotopic (exact) mass is 517 g/mol. The molecule has 0 saturated heterocycles. The summed E-state index contributed by atoms with van der Waals surface area (Å²) in [5, 5.41) is 2.48. The molecule has 5 rings (SSSR count). The van der Waals surface area contributed by atoms with Gasteiger partial charge in [-0.2, -0.15) is 0 Å². The molecule has 4 aromatic carbocycles. The van der Waals surface area contributed by atoms with Crippen LogP contribution in [0.5, 0.6) is 0 Å². The number of cyclic esters (lactones) is 1. The highest BCUT2D eigenvalue weighted by atomic mass is 16.5. The maximum absolute atomic E-state index is 14.2. The van der Waals surface area contributed by atoms with Crippen LogP contribution in [0.25, 0.3) is 11.1 Å². The van der Waals surface area contributed by atoms with Crippen LogP contribution in [0.15, 0.2) is 103 Å². The van der Waals surface area contributed by atoms with Gasteiger partial charge in [0, 0.05) is 16.7 Å². The SMILES string of the molecule is CC(=O)c1ccccc1NC(=O)C(=O)[C@H](C(=O)c1ccccc1-c1ccccc1)[C@@H]1OC(=O)c2ccccc21. The van der Waals surface area contributed by atoms with Gasteiger partial charge < -0.3 is 10.1 Å². The van der Waals surface area contributed by atoms with Gasteiger partial charge in [0.2, 0.25) is 5.78 Å². The van der Waals surface area contributed by atoms with E-state index in [-0.39, 0.29) is 28.2 Å². The molecule has 0 saturated carbocycles. The zero-order valence-electron chi connectivity index (χ0n) is 20.9. The minimum atomic E-state index is -1.66. The fraction of sp³-hybridized carbons (Fsp3) is 0.0938. The number of benzene rings is 4. The van der Waals surface area contributed by atoms with Crippen molar-refractivity contribution in [3.63, 3.8) is 0 Å². The lowest BCUT2D eigenvalue weighted by Crippen LogP contribution is -2.38. The Bertz CT molecular complexity index is 1620. The molecule has 39 heavy (non-hydrogen) atoms. The highest BCUT2D eigenvalue weighted by Crippen LogP contribution is 2.39. The molecule has 0 aliphatic carbocycles. The molecule has 4 aromatic rings. The van der Waals surface area contributed by atoms with Gasteiger partial charge in [0.1, 0.15) is 12.0 Å². The molecule has 2 atom stereocenters. The van der Waals surface area contributed by atoms with Crippen molar-refractivity contribution < 1.29 is 28.7 Å². The van der Waals surface area contributed by atoms with Crippen molar-refractivity contribution in [2.24, 2.45) is 5.92 Å². The van der Waals surface area contributed by atoms with Gasteiger partial charge in [-0.05, 0) is 36.2 Å². The molecule has 1 aliphatic rings. The first-order valence-electron chi connectivity index (χ1n) is 12.3. The number of para-hydroxylation sites is 1. The lowest BCUT2D eigenvalue weighted by Gasteiger charge is -2.22. The first-order chi connectivity index (χ1) is 18.9. The summed E-state index contributed by atoms with van der Waals surface area (Å²) in [6, 6.07) is 28.7. The molecular weight excluding hydrogens is 494 g/mol. The average molecular weight is 518 g/mol. The number of amides is 1. The molecule has 1 aliphatic heterocycles. The molecule has 1 heterocycles. The number of ketones is 3. The molecule has 0 aromatic heterocycles. The number of nitrogens with one attached hydrogen (secondary N) is 1. The van der Waals surface area contributed by atoms with Crippen LogP contribution >= 0.6 is 0 Å². The number of fused-ring (bicyclic) bond motifs is 1. The summed E-state index contributed by atoms with van der Waals surface area (Å²) in [7, 11) is 0. The number of carbonyl (C=O) groups is 5. The summed E-state index contributed by atoms with van der Waals surface area (Å²) in [6.07, 6.45) is -1.30. The number of Topliss-reactive ketones (excluding diaryl/α,β-unsaturated/α-hetero) is 3. The quantitative estimate of drug-likeness (QED) is 0.144. The van der Waals surface area contributed by atoms with Gasteiger partial charge in [0.15, 0.2) is 11.6 Å². The Morgan fingerprint density at radius 3 is 2.03 bits per heavy atom. The average Bonchev–Trinajstić information content (AvgIpc) is 3.29. The second-order valence-electron chi connectivity index (χ2n) is 9.09. The molecule has 0 unspecified atom stereocenters. The van der Waals surface area contributed by atoms with E-state index in [1.165, 1.54) is 19.1 Å². The highest BCUT2D eigenvalue weighted by Gasteiger charge is 2.46. The van der Waals surface area contributed by atoms with Crippen molar-refractivity contribution >= 4 is 34.9 Å². The first-order valence-corrected chi connectivity index (χ1v) is 12.3. The first kappa shape index (κ1) is 25.5. The van der Waals surface area contributed by atoms with Crippen molar-refractivity contribution in [2.75, 3.05) is 5.32 Å². The van der Waals surface area contributed by atoms with Crippen LogP contribution in [-0.4, -0.2) is 29.2 Å². The van der Waals surface area contributed by atoms with Gasteiger partial charge >= 0.3 is 5.97 Å². The highest BCUT2D eigenvalue weighted by molar-refractivity contribution is 6.45. The zero-order chi connectivity index (χ0) is 27.5. The van der Waals surface area contributed by atoms with Crippen LogP contribution in [0.2, 0.25) is 0 Å². The maximum atomic E-state index is 14.2. The minimum Gasteiger partial charge on any atom is -0.453 e. The molecule has 1 amide bonds. The Balaban J connectivity index is 1.58. The molecule has 0 bridgehead atoms. The molecule has 0 spiro atoms. The second-order valence-corrected chi connectivity index (χ2v) is 9.09. The van der Waals surface area contributed by atoms with Gasteiger partial charge in [0.05, 0.1) is 11.3 Å². The third-order valence-corrected chi connectivity index (χ3v) is 6.64. The van der Waals surface area contributed by atoms with Crippen LogP contribution in [0.3, 0.4) is 0 Å². The molecular formula is C32H23NO6. The Labute approximate surface area is 224 Å². The third-order valence-electron chi connectivity index (χ3n) is 6.64. The van der Waals surface area contributed by atoms with Gasteiger partial charge in [-0.3, -0.25) is 19.2 Å². The Kier molecular flexibility index (Phi) is 6.97. The predicted molar refractivity (Wildman–Crippen MR) is 144 cm³/mol. The third kappa shape index (κ3) is 4.90. The number of hydrogen-bond acceptors (Lipinski definition) is 6. The lowest BCUT2D eigenvalue weighted by molar-refractivity contribution is -0.138.